The minimum absolute atomic E-state index is 0.0800. The Morgan fingerprint density at radius 1 is 1.09 bits per heavy atom. The molecule has 0 aliphatic rings. The lowest BCUT2D eigenvalue weighted by atomic mass is 9.87. The van der Waals surface area contributed by atoms with Gasteiger partial charge in [-0.25, -0.2) is 0 Å². The number of ether oxygens (including phenoxy) is 1. The first-order chi connectivity index (χ1) is 10.9. The van der Waals surface area contributed by atoms with Crippen molar-refractivity contribution in [3.05, 3.63) is 58.1 Å². The SMILES string of the molecule is COc1ccc(NC(=O)[C@H](c2ccc(Cl)cc2)C(C)C)cc1Cl. The molecule has 2 rings (SSSR count). The lowest BCUT2D eigenvalue weighted by Crippen LogP contribution is -2.25. The van der Waals surface area contributed by atoms with Crippen molar-refractivity contribution in [2.75, 3.05) is 12.4 Å². The number of benzene rings is 2. The highest BCUT2D eigenvalue weighted by Crippen LogP contribution is 2.30. The molecular weight excluding hydrogens is 333 g/mol. The first kappa shape index (κ1) is 17.6. The number of hydrogen-bond donors (Lipinski definition) is 1. The first-order valence-corrected chi connectivity index (χ1v) is 8.08. The van der Waals surface area contributed by atoms with E-state index in [1.54, 1.807) is 37.4 Å². The van der Waals surface area contributed by atoms with Crippen LogP contribution in [-0.4, -0.2) is 13.0 Å². The van der Waals surface area contributed by atoms with E-state index in [-0.39, 0.29) is 17.7 Å². The number of hydrogen-bond acceptors (Lipinski definition) is 2. The maximum absolute atomic E-state index is 12.7. The van der Waals surface area contributed by atoms with Crippen LogP contribution in [0.5, 0.6) is 5.75 Å². The van der Waals surface area contributed by atoms with Gasteiger partial charge in [0.1, 0.15) is 5.75 Å². The van der Waals surface area contributed by atoms with E-state index in [2.05, 4.69) is 5.32 Å². The summed E-state index contributed by atoms with van der Waals surface area (Å²) in [6.07, 6.45) is 0. The summed E-state index contributed by atoms with van der Waals surface area (Å²) >= 11 is 12.0. The van der Waals surface area contributed by atoms with Gasteiger partial charge in [0.2, 0.25) is 5.91 Å². The van der Waals surface area contributed by atoms with Crippen LogP contribution < -0.4 is 10.1 Å². The largest absolute Gasteiger partial charge is 0.495 e. The fraction of sp³-hybridized carbons (Fsp3) is 0.278. The zero-order valence-electron chi connectivity index (χ0n) is 13.3. The highest BCUT2D eigenvalue weighted by molar-refractivity contribution is 6.32. The Bertz CT molecular complexity index is 684. The zero-order chi connectivity index (χ0) is 17.0. The number of anilines is 1. The minimum atomic E-state index is -0.270. The van der Waals surface area contributed by atoms with Gasteiger partial charge >= 0.3 is 0 Å². The van der Waals surface area contributed by atoms with Crippen molar-refractivity contribution in [1.82, 2.24) is 0 Å². The van der Waals surface area contributed by atoms with E-state index in [1.807, 2.05) is 26.0 Å². The molecule has 0 bridgehead atoms. The molecule has 0 aromatic heterocycles. The highest BCUT2D eigenvalue weighted by Gasteiger charge is 2.24. The van der Waals surface area contributed by atoms with Gasteiger partial charge in [-0.05, 0) is 41.8 Å². The summed E-state index contributed by atoms with van der Waals surface area (Å²) < 4.78 is 5.11. The van der Waals surface area contributed by atoms with Crippen LogP contribution in [0.2, 0.25) is 10.0 Å². The molecule has 122 valence electrons. The van der Waals surface area contributed by atoms with E-state index in [9.17, 15) is 4.79 Å². The molecule has 1 amide bonds. The highest BCUT2D eigenvalue weighted by atomic mass is 35.5. The summed E-state index contributed by atoms with van der Waals surface area (Å²) in [7, 11) is 1.55. The Labute approximate surface area is 146 Å². The van der Waals surface area contributed by atoms with Crippen molar-refractivity contribution in [1.29, 1.82) is 0 Å². The Balaban J connectivity index is 2.22. The smallest absolute Gasteiger partial charge is 0.232 e. The van der Waals surface area contributed by atoms with Gasteiger partial charge in [-0.15, -0.1) is 0 Å². The molecule has 1 atom stereocenters. The molecule has 23 heavy (non-hydrogen) atoms. The van der Waals surface area contributed by atoms with Crippen LogP contribution in [0, 0.1) is 5.92 Å². The van der Waals surface area contributed by atoms with Gasteiger partial charge in [-0.2, -0.15) is 0 Å². The van der Waals surface area contributed by atoms with Gasteiger partial charge in [0, 0.05) is 10.7 Å². The summed E-state index contributed by atoms with van der Waals surface area (Å²) in [5.74, 6) is 0.365. The monoisotopic (exact) mass is 351 g/mol. The van der Waals surface area contributed by atoms with Gasteiger partial charge < -0.3 is 10.1 Å². The van der Waals surface area contributed by atoms with Crippen molar-refractivity contribution < 1.29 is 9.53 Å². The fourth-order valence-electron chi connectivity index (χ4n) is 2.47. The van der Waals surface area contributed by atoms with E-state index in [4.69, 9.17) is 27.9 Å². The predicted molar refractivity (Wildman–Crippen MR) is 95.7 cm³/mol. The predicted octanol–water partition coefficient (Wildman–Crippen LogP) is 5.38. The topological polar surface area (TPSA) is 38.3 Å². The number of methoxy groups -OCH3 is 1. The van der Waals surface area contributed by atoms with Gasteiger partial charge in [-0.1, -0.05) is 49.2 Å². The Morgan fingerprint density at radius 2 is 1.74 bits per heavy atom. The minimum Gasteiger partial charge on any atom is -0.495 e. The second-order valence-electron chi connectivity index (χ2n) is 5.61. The molecule has 5 heteroatoms. The molecular formula is C18H19Cl2NO2. The summed E-state index contributed by atoms with van der Waals surface area (Å²) in [5.41, 5.74) is 1.57. The zero-order valence-corrected chi connectivity index (χ0v) is 14.8. The number of carbonyl (C=O) groups excluding carboxylic acids is 1. The average Bonchev–Trinajstić information content (AvgIpc) is 2.49. The van der Waals surface area contributed by atoms with Gasteiger partial charge in [0.25, 0.3) is 0 Å². The van der Waals surface area contributed by atoms with Gasteiger partial charge in [0.15, 0.2) is 0 Å². The van der Waals surface area contributed by atoms with Gasteiger partial charge in [-0.3, -0.25) is 4.79 Å². The molecule has 2 aromatic carbocycles. The molecule has 0 aliphatic carbocycles. The second-order valence-corrected chi connectivity index (χ2v) is 6.46. The van der Waals surface area contributed by atoms with Crippen LogP contribution in [0.25, 0.3) is 0 Å². The quantitative estimate of drug-likeness (QED) is 0.785. The molecule has 1 N–H and O–H groups in total. The molecule has 0 heterocycles. The molecule has 0 saturated carbocycles. The van der Waals surface area contributed by atoms with Crippen LogP contribution in [0.1, 0.15) is 25.3 Å². The van der Waals surface area contributed by atoms with E-state index in [0.29, 0.717) is 21.5 Å². The summed E-state index contributed by atoms with van der Waals surface area (Å²) in [5, 5.41) is 4.02. The van der Waals surface area contributed by atoms with Gasteiger partial charge in [0.05, 0.1) is 18.1 Å². The lowest BCUT2D eigenvalue weighted by Gasteiger charge is -2.21. The molecule has 2 aromatic rings. The number of amides is 1. The average molecular weight is 352 g/mol. The van der Waals surface area contributed by atoms with E-state index < -0.39 is 0 Å². The number of carbonyl (C=O) groups is 1. The van der Waals surface area contributed by atoms with Crippen molar-refractivity contribution in [3.8, 4) is 5.75 Å². The Kier molecular flexibility index (Phi) is 5.91. The molecule has 0 aliphatic heterocycles. The summed E-state index contributed by atoms with van der Waals surface area (Å²) in [6, 6.07) is 12.5. The molecule has 0 spiro atoms. The van der Waals surface area contributed by atoms with E-state index >= 15 is 0 Å². The number of nitrogens with one attached hydrogen (secondary N) is 1. The Morgan fingerprint density at radius 3 is 2.26 bits per heavy atom. The maximum Gasteiger partial charge on any atom is 0.232 e. The first-order valence-electron chi connectivity index (χ1n) is 7.32. The molecule has 0 fully saturated rings. The second kappa shape index (κ2) is 7.71. The third-order valence-electron chi connectivity index (χ3n) is 3.60. The number of rotatable bonds is 5. The molecule has 0 saturated heterocycles. The standard InChI is InChI=1S/C18H19Cl2NO2/c1-11(2)17(12-4-6-13(19)7-5-12)18(22)21-14-8-9-16(23-3)15(20)10-14/h4-11,17H,1-3H3,(H,21,22)/t17-/m0/s1. The molecule has 0 radical (unpaired) electrons. The molecule has 0 unspecified atom stereocenters. The third kappa shape index (κ3) is 4.40. The van der Waals surface area contributed by atoms with Crippen molar-refractivity contribution in [2.45, 2.75) is 19.8 Å². The van der Waals surface area contributed by atoms with Crippen LogP contribution in [-0.2, 0) is 4.79 Å². The van der Waals surface area contributed by atoms with Crippen LogP contribution in [0.3, 0.4) is 0 Å². The normalized spacial score (nSPS) is 12.1. The van der Waals surface area contributed by atoms with Crippen molar-refractivity contribution >= 4 is 34.8 Å². The summed E-state index contributed by atoms with van der Waals surface area (Å²) in [6.45, 7) is 4.03. The van der Waals surface area contributed by atoms with Crippen LogP contribution >= 0.6 is 23.2 Å². The molecule has 3 nitrogen and oxygen atoms in total. The van der Waals surface area contributed by atoms with Crippen LogP contribution in [0.4, 0.5) is 5.69 Å². The number of halogens is 2. The van der Waals surface area contributed by atoms with E-state index in [0.717, 1.165) is 5.56 Å². The van der Waals surface area contributed by atoms with Crippen molar-refractivity contribution in [2.24, 2.45) is 5.92 Å². The van der Waals surface area contributed by atoms with Crippen molar-refractivity contribution in [3.63, 3.8) is 0 Å². The summed E-state index contributed by atoms with van der Waals surface area (Å²) in [4.78, 5) is 12.7. The lowest BCUT2D eigenvalue weighted by molar-refractivity contribution is -0.118. The van der Waals surface area contributed by atoms with Crippen LogP contribution in [0.15, 0.2) is 42.5 Å². The maximum atomic E-state index is 12.7. The van der Waals surface area contributed by atoms with E-state index in [1.165, 1.54) is 0 Å². The third-order valence-corrected chi connectivity index (χ3v) is 4.14. The Hall–Kier alpha value is -1.71. The fourth-order valence-corrected chi connectivity index (χ4v) is 2.86.